The second kappa shape index (κ2) is 13.3. The van der Waals surface area contributed by atoms with Crippen LogP contribution in [0.3, 0.4) is 0 Å². The van der Waals surface area contributed by atoms with Gasteiger partial charge in [-0.05, 0) is 59.7 Å². The molecule has 0 unspecified atom stereocenters. The fraction of sp³-hybridized carbons (Fsp3) is 0. The molecule has 4 aromatic carbocycles. The first-order valence-corrected chi connectivity index (χ1v) is 15.8. The molecule has 4 aromatic rings. The standard InChI is InChI=1S/C28H24N8O10S2/c29-15-7-19(27(37)38)25(21(31)9-15)35-33-17-5-3-13(23(11-17)47(41,42)43)1-2-14-4-6-18(12-24(14)48(44,45)46)34-36-26-20(28(39)40)8-16(30)10-22(26)32/h1-12H,29-32H2,(H,37,38)(H,39,40)(H,41,42,43)(H,44,45,46)/b2-1+,35-33?,36-34?. The lowest BCUT2D eigenvalue weighted by molar-refractivity contribution is 0.0687. The third kappa shape index (κ3) is 7.94. The number of carboxylic acid groups (broad SMARTS) is 2. The van der Waals surface area contributed by atoms with Crippen LogP contribution in [0.4, 0.5) is 45.5 Å². The van der Waals surface area contributed by atoms with Crippen LogP contribution in [0.25, 0.3) is 12.2 Å². The highest BCUT2D eigenvalue weighted by atomic mass is 32.2. The highest BCUT2D eigenvalue weighted by Gasteiger charge is 2.19. The average Bonchev–Trinajstić information content (AvgIpc) is 2.97. The van der Waals surface area contributed by atoms with Crippen molar-refractivity contribution < 1.29 is 45.7 Å². The first-order valence-electron chi connectivity index (χ1n) is 12.9. The van der Waals surface area contributed by atoms with Crippen molar-refractivity contribution in [1.82, 2.24) is 0 Å². The molecule has 0 amide bonds. The number of azo groups is 2. The smallest absolute Gasteiger partial charge is 0.338 e. The van der Waals surface area contributed by atoms with E-state index in [9.17, 15) is 45.7 Å². The summed E-state index contributed by atoms with van der Waals surface area (Å²) in [6.45, 7) is 0. The van der Waals surface area contributed by atoms with Gasteiger partial charge in [0.25, 0.3) is 20.2 Å². The molecule has 0 atom stereocenters. The molecule has 0 aromatic heterocycles. The minimum absolute atomic E-state index is 0.0579. The molecule has 18 nitrogen and oxygen atoms in total. The van der Waals surface area contributed by atoms with E-state index in [1.54, 1.807) is 0 Å². The minimum Gasteiger partial charge on any atom is -0.478 e. The van der Waals surface area contributed by atoms with Gasteiger partial charge in [0.15, 0.2) is 0 Å². The Morgan fingerprint density at radius 2 is 0.917 bits per heavy atom. The van der Waals surface area contributed by atoms with Gasteiger partial charge in [0.05, 0.1) is 33.9 Å². The number of carbonyl (C=O) groups is 2. The van der Waals surface area contributed by atoms with Gasteiger partial charge in [-0.3, -0.25) is 9.11 Å². The molecule has 0 fully saturated rings. The topological polar surface area (TPSA) is 337 Å². The molecule has 0 aliphatic carbocycles. The van der Waals surface area contributed by atoms with Gasteiger partial charge >= 0.3 is 11.9 Å². The summed E-state index contributed by atoms with van der Waals surface area (Å²) in [6.07, 6.45) is 2.23. The van der Waals surface area contributed by atoms with Crippen LogP contribution in [0.15, 0.2) is 90.9 Å². The molecule has 0 aliphatic rings. The minimum atomic E-state index is -4.92. The van der Waals surface area contributed by atoms with Gasteiger partial charge in [0.2, 0.25) is 0 Å². The number of benzene rings is 4. The molecule has 0 saturated heterocycles. The third-order valence-electron chi connectivity index (χ3n) is 6.31. The van der Waals surface area contributed by atoms with Crippen LogP contribution >= 0.6 is 0 Å². The van der Waals surface area contributed by atoms with E-state index in [1.807, 2.05) is 0 Å². The van der Waals surface area contributed by atoms with E-state index in [-0.39, 0.29) is 67.8 Å². The lowest BCUT2D eigenvalue weighted by atomic mass is 10.1. The van der Waals surface area contributed by atoms with Crippen molar-refractivity contribution in [2.24, 2.45) is 20.5 Å². The summed E-state index contributed by atoms with van der Waals surface area (Å²) >= 11 is 0. The molecule has 0 aliphatic heterocycles. The molecule has 0 spiro atoms. The van der Waals surface area contributed by atoms with E-state index < -0.39 is 42.0 Å². The molecule has 0 bridgehead atoms. The van der Waals surface area contributed by atoms with Crippen molar-refractivity contribution in [2.75, 3.05) is 22.9 Å². The highest BCUT2D eigenvalue weighted by Crippen LogP contribution is 2.34. The maximum atomic E-state index is 12.2. The lowest BCUT2D eigenvalue weighted by Crippen LogP contribution is -2.02. The van der Waals surface area contributed by atoms with Gasteiger partial charge in [-0.1, -0.05) is 24.3 Å². The van der Waals surface area contributed by atoms with E-state index in [1.165, 1.54) is 36.4 Å². The van der Waals surface area contributed by atoms with Gasteiger partial charge in [-0.15, -0.1) is 10.2 Å². The average molecular weight is 697 g/mol. The number of anilines is 4. The number of hydrogen-bond donors (Lipinski definition) is 8. The Bertz CT molecular complexity index is 2140. The molecule has 20 heteroatoms. The SMILES string of the molecule is Nc1cc(N)c(N=Nc2ccc(/C=C/c3ccc(N=Nc4c(N)cc(N)cc4C(=O)O)cc3S(=O)(=O)O)c(S(=O)(=O)O)c2)c(C(=O)O)c1. The molecule has 48 heavy (non-hydrogen) atoms. The van der Waals surface area contributed by atoms with Crippen LogP contribution in [0.1, 0.15) is 31.8 Å². The van der Waals surface area contributed by atoms with Crippen molar-refractivity contribution in [1.29, 1.82) is 0 Å². The van der Waals surface area contributed by atoms with E-state index >= 15 is 0 Å². The summed E-state index contributed by atoms with van der Waals surface area (Å²) in [5.74, 6) is -2.80. The molecular formula is C28H24N8O10S2. The van der Waals surface area contributed by atoms with Gasteiger partial charge in [0, 0.05) is 11.4 Å². The summed E-state index contributed by atoms with van der Waals surface area (Å²) in [5, 5.41) is 34.1. The Labute approximate surface area is 271 Å². The quantitative estimate of drug-likeness (QED) is 0.0473. The summed E-state index contributed by atoms with van der Waals surface area (Å²) in [6, 6.07) is 11.4. The number of nitrogens with two attached hydrogens (primary N) is 4. The van der Waals surface area contributed by atoms with Gasteiger partial charge < -0.3 is 33.1 Å². The van der Waals surface area contributed by atoms with Crippen molar-refractivity contribution in [3.63, 3.8) is 0 Å². The second-order valence-electron chi connectivity index (χ2n) is 9.75. The summed E-state index contributed by atoms with van der Waals surface area (Å²) < 4.78 is 68.6. The normalized spacial score (nSPS) is 12.3. The van der Waals surface area contributed by atoms with Crippen LogP contribution < -0.4 is 22.9 Å². The number of rotatable bonds is 10. The van der Waals surface area contributed by atoms with E-state index in [0.717, 1.165) is 36.4 Å². The largest absolute Gasteiger partial charge is 0.478 e. The van der Waals surface area contributed by atoms with E-state index in [0.29, 0.717) is 0 Å². The van der Waals surface area contributed by atoms with Gasteiger partial charge in [-0.2, -0.15) is 27.1 Å². The maximum Gasteiger partial charge on any atom is 0.338 e. The first kappa shape index (κ1) is 34.6. The predicted molar refractivity (Wildman–Crippen MR) is 174 cm³/mol. The zero-order chi connectivity index (χ0) is 35.6. The van der Waals surface area contributed by atoms with Crippen molar-refractivity contribution in [2.45, 2.75) is 9.79 Å². The van der Waals surface area contributed by atoms with E-state index in [4.69, 9.17) is 22.9 Å². The number of nitrogens with zero attached hydrogens (tertiary/aromatic N) is 4. The molecule has 0 saturated carbocycles. The van der Waals surface area contributed by atoms with Crippen molar-refractivity contribution in [3.05, 3.63) is 82.9 Å². The molecule has 248 valence electrons. The predicted octanol–water partition coefficient (Wildman–Crippen LogP) is 4.91. The van der Waals surface area contributed by atoms with Gasteiger partial charge in [0.1, 0.15) is 21.2 Å². The zero-order valence-electron chi connectivity index (χ0n) is 24.1. The fourth-order valence-corrected chi connectivity index (χ4v) is 5.60. The summed E-state index contributed by atoms with van der Waals surface area (Å²) in [7, 11) is -9.83. The third-order valence-corrected chi connectivity index (χ3v) is 8.13. The van der Waals surface area contributed by atoms with Gasteiger partial charge in [-0.25, -0.2) is 9.59 Å². The van der Waals surface area contributed by atoms with Crippen LogP contribution in [-0.4, -0.2) is 48.1 Å². The summed E-state index contributed by atoms with van der Waals surface area (Å²) in [4.78, 5) is 21.8. The Hall–Kier alpha value is -6.22. The second-order valence-corrected chi connectivity index (χ2v) is 12.5. The number of hydrogen-bond acceptors (Lipinski definition) is 14. The van der Waals surface area contributed by atoms with Crippen molar-refractivity contribution >= 4 is 89.8 Å². The lowest BCUT2D eigenvalue weighted by Gasteiger charge is -2.08. The highest BCUT2D eigenvalue weighted by molar-refractivity contribution is 7.86. The van der Waals surface area contributed by atoms with Crippen LogP contribution in [-0.2, 0) is 20.2 Å². The van der Waals surface area contributed by atoms with E-state index in [2.05, 4.69) is 20.5 Å². The Kier molecular flexibility index (Phi) is 9.57. The molecular weight excluding hydrogens is 672 g/mol. The van der Waals surface area contributed by atoms with Crippen LogP contribution in [0.2, 0.25) is 0 Å². The van der Waals surface area contributed by atoms with Crippen molar-refractivity contribution in [3.8, 4) is 0 Å². The fourth-order valence-electron chi connectivity index (χ4n) is 4.20. The Morgan fingerprint density at radius 1 is 0.562 bits per heavy atom. The summed E-state index contributed by atoms with van der Waals surface area (Å²) in [5.41, 5.74) is 20.9. The molecule has 4 rings (SSSR count). The van der Waals surface area contributed by atoms with Crippen LogP contribution in [0.5, 0.6) is 0 Å². The zero-order valence-corrected chi connectivity index (χ0v) is 25.7. The Balaban J connectivity index is 1.72. The maximum absolute atomic E-state index is 12.2. The molecule has 0 heterocycles. The number of carboxylic acids is 2. The monoisotopic (exact) mass is 696 g/mol. The Morgan fingerprint density at radius 3 is 1.23 bits per heavy atom. The molecule has 12 N–H and O–H groups in total. The molecule has 0 radical (unpaired) electrons. The number of nitrogen functional groups attached to an aromatic ring is 4. The van der Waals surface area contributed by atoms with Crippen LogP contribution in [0, 0.1) is 0 Å². The number of aromatic carboxylic acids is 2. The first-order chi connectivity index (χ1) is 22.3.